The zero-order valence-electron chi connectivity index (χ0n) is 24.3. The Morgan fingerprint density at radius 2 is 1.93 bits per heavy atom. The van der Waals surface area contributed by atoms with Gasteiger partial charge in [0.05, 0.1) is 24.3 Å². The van der Waals surface area contributed by atoms with Crippen LogP contribution in [-0.2, 0) is 24.2 Å². The van der Waals surface area contributed by atoms with E-state index in [1.54, 1.807) is 6.07 Å². The van der Waals surface area contributed by atoms with E-state index in [1.165, 1.54) is 6.07 Å². The number of hydrogen-bond donors (Lipinski definition) is 2. The number of aromatic nitrogens is 3. The average molecular weight is 583 g/mol. The van der Waals surface area contributed by atoms with E-state index >= 15 is 0 Å². The van der Waals surface area contributed by atoms with Gasteiger partial charge >= 0.3 is 5.97 Å². The van der Waals surface area contributed by atoms with Crippen molar-refractivity contribution >= 4 is 29.6 Å². The lowest BCUT2D eigenvalue weighted by Crippen LogP contribution is -2.31. The third kappa shape index (κ3) is 5.50. The molecule has 1 atom stereocenters. The van der Waals surface area contributed by atoms with Gasteiger partial charge in [0, 0.05) is 18.8 Å². The third-order valence-electron chi connectivity index (χ3n) is 7.66. The van der Waals surface area contributed by atoms with Crippen LogP contribution >= 0.6 is 0 Å². The third-order valence-corrected chi connectivity index (χ3v) is 7.66. The van der Waals surface area contributed by atoms with Gasteiger partial charge in [-0.25, -0.2) is 18.7 Å². The zero-order valence-corrected chi connectivity index (χ0v) is 24.3. The lowest BCUT2D eigenvalue weighted by atomic mass is 9.97. The maximum absolute atomic E-state index is 14.6. The van der Waals surface area contributed by atoms with Gasteiger partial charge in [-0.2, -0.15) is 5.10 Å². The second-order valence-electron chi connectivity index (χ2n) is 11.8. The summed E-state index contributed by atoms with van der Waals surface area (Å²) in [5.74, 6) is -2.23. The molecule has 10 nitrogen and oxygen atoms in total. The van der Waals surface area contributed by atoms with Gasteiger partial charge in [0.25, 0.3) is 11.8 Å². The molecule has 0 bridgehead atoms. The molecule has 11 heteroatoms. The molecule has 0 unspecified atom stereocenters. The van der Waals surface area contributed by atoms with Gasteiger partial charge in [-0.1, -0.05) is 24.3 Å². The Hall–Kier alpha value is -4.93. The molecule has 0 saturated heterocycles. The van der Waals surface area contributed by atoms with E-state index in [2.05, 4.69) is 25.7 Å². The molecular formula is C32H31FN6O4. The number of ether oxygens (including phenoxy) is 1. The van der Waals surface area contributed by atoms with Crippen molar-refractivity contribution in [2.24, 2.45) is 4.99 Å². The zero-order chi connectivity index (χ0) is 30.5. The predicted octanol–water partition coefficient (Wildman–Crippen LogP) is 4.41. The van der Waals surface area contributed by atoms with Crippen molar-refractivity contribution < 1.29 is 23.5 Å². The number of carbonyl (C=O) groups is 3. The number of rotatable bonds is 6. The molecule has 1 aliphatic carbocycles. The smallest absolute Gasteiger partial charge is 0.338 e. The molecule has 2 aliphatic rings. The number of halogens is 1. The second-order valence-corrected chi connectivity index (χ2v) is 11.8. The summed E-state index contributed by atoms with van der Waals surface area (Å²) in [6, 6.07) is 10.3. The molecule has 2 aromatic carbocycles. The second kappa shape index (κ2) is 10.7. The van der Waals surface area contributed by atoms with Crippen molar-refractivity contribution in [1.29, 1.82) is 0 Å². The number of carbonyl (C=O) groups excluding carboxylic acids is 3. The number of fused-ring (bicyclic) bond motifs is 3. The highest BCUT2D eigenvalue weighted by Gasteiger charge is 2.30. The minimum Gasteiger partial charge on any atom is -0.456 e. The van der Waals surface area contributed by atoms with E-state index in [-0.39, 0.29) is 29.6 Å². The number of nitrogens with one attached hydrogen (secondary N) is 2. The van der Waals surface area contributed by atoms with Crippen LogP contribution in [0.25, 0.3) is 5.65 Å². The summed E-state index contributed by atoms with van der Waals surface area (Å²) in [5.41, 5.74) is 5.24. The minimum absolute atomic E-state index is 0.0238. The number of aliphatic imine (C=N–C) groups is 1. The van der Waals surface area contributed by atoms with E-state index in [0.717, 1.165) is 44.1 Å². The first-order valence-electron chi connectivity index (χ1n) is 14.1. The first-order chi connectivity index (χ1) is 20.5. The summed E-state index contributed by atoms with van der Waals surface area (Å²) in [4.78, 5) is 47.8. The van der Waals surface area contributed by atoms with Crippen LogP contribution in [0.4, 0.5) is 4.39 Å². The van der Waals surface area contributed by atoms with E-state index in [0.29, 0.717) is 24.9 Å². The van der Waals surface area contributed by atoms with Crippen LogP contribution in [-0.4, -0.2) is 44.2 Å². The van der Waals surface area contributed by atoms with Crippen LogP contribution in [0.3, 0.4) is 0 Å². The standard InChI is InChI=1S/C32H31FN6O4/c1-17-21-9-10-25(23(21)8-7-22(17)31(42)43-32(2,3)4)38-30(41)27-12-26(37-28-24(33)16-36-39(27)28)29(40)35-13-18-5-6-19-14-34-15-20(19)11-18/h5-8,11-12,14,16,25H,9-10,13,15H2,1-4H3,(H,35,40)(H,38,41)/t25-/m0/s1. The highest BCUT2D eigenvalue weighted by atomic mass is 19.1. The molecule has 2 N–H and O–H groups in total. The first kappa shape index (κ1) is 28.2. The summed E-state index contributed by atoms with van der Waals surface area (Å²) < 4.78 is 21.3. The topological polar surface area (TPSA) is 127 Å². The van der Waals surface area contributed by atoms with Crippen LogP contribution in [0.5, 0.6) is 0 Å². The first-order valence-corrected chi connectivity index (χ1v) is 14.1. The summed E-state index contributed by atoms with van der Waals surface area (Å²) in [7, 11) is 0. The van der Waals surface area contributed by atoms with Gasteiger partial charge in [-0.3, -0.25) is 14.6 Å². The number of esters is 1. The molecule has 0 radical (unpaired) electrons. The number of nitrogens with zero attached hydrogens (tertiary/aromatic N) is 4. The van der Waals surface area contributed by atoms with Gasteiger partial charge < -0.3 is 15.4 Å². The molecular weight excluding hydrogens is 551 g/mol. The van der Waals surface area contributed by atoms with Crippen LogP contribution in [0.15, 0.2) is 47.6 Å². The summed E-state index contributed by atoms with van der Waals surface area (Å²) in [6.45, 7) is 8.16. The normalized spacial score (nSPS) is 15.3. The Morgan fingerprint density at radius 1 is 1.12 bits per heavy atom. The summed E-state index contributed by atoms with van der Waals surface area (Å²) >= 11 is 0. The fraction of sp³-hybridized carbons (Fsp3) is 0.312. The Balaban J connectivity index is 1.22. The fourth-order valence-corrected chi connectivity index (χ4v) is 5.58. The van der Waals surface area contributed by atoms with Crippen LogP contribution in [0.2, 0.25) is 0 Å². The van der Waals surface area contributed by atoms with Crippen molar-refractivity contribution in [3.8, 4) is 0 Å². The Morgan fingerprint density at radius 3 is 2.72 bits per heavy atom. The highest BCUT2D eigenvalue weighted by Crippen LogP contribution is 2.35. The molecule has 1 aliphatic heterocycles. The molecule has 2 amide bonds. The van der Waals surface area contributed by atoms with Crippen LogP contribution in [0.1, 0.15) is 97.9 Å². The average Bonchev–Trinajstić information content (AvgIpc) is 3.69. The lowest BCUT2D eigenvalue weighted by molar-refractivity contribution is 0.00683. The maximum atomic E-state index is 14.6. The van der Waals surface area contributed by atoms with Gasteiger partial charge in [0.2, 0.25) is 0 Å². The number of hydrogen-bond acceptors (Lipinski definition) is 7. The quantitative estimate of drug-likeness (QED) is 0.324. The SMILES string of the molecule is Cc1c(C(=O)OC(C)(C)C)ccc2c1CC[C@@H]2NC(=O)c1cc(C(=O)NCc2ccc3c(c2)CN=C3)nc2c(F)cnn12. The number of amides is 2. The van der Waals surface area contributed by atoms with Crippen LogP contribution < -0.4 is 10.6 Å². The fourth-order valence-electron chi connectivity index (χ4n) is 5.58. The molecule has 6 rings (SSSR count). The minimum atomic E-state index is -0.751. The number of benzene rings is 2. The Kier molecular flexibility index (Phi) is 7.03. The van der Waals surface area contributed by atoms with Crippen molar-refractivity contribution in [3.05, 3.63) is 98.7 Å². The Bertz CT molecular complexity index is 1840. The van der Waals surface area contributed by atoms with E-state index in [9.17, 15) is 18.8 Å². The highest BCUT2D eigenvalue weighted by molar-refractivity contribution is 5.98. The van der Waals surface area contributed by atoms with Crippen molar-refractivity contribution in [3.63, 3.8) is 0 Å². The molecule has 0 saturated carbocycles. The molecule has 3 heterocycles. The van der Waals surface area contributed by atoms with Gasteiger partial charge in [-0.15, -0.1) is 0 Å². The van der Waals surface area contributed by atoms with Crippen molar-refractivity contribution in [1.82, 2.24) is 25.2 Å². The monoisotopic (exact) mass is 582 g/mol. The molecule has 4 aromatic rings. The van der Waals surface area contributed by atoms with Crippen LogP contribution in [0, 0.1) is 12.7 Å². The van der Waals surface area contributed by atoms with Crippen molar-refractivity contribution in [2.45, 2.75) is 65.3 Å². The maximum Gasteiger partial charge on any atom is 0.338 e. The predicted molar refractivity (Wildman–Crippen MR) is 157 cm³/mol. The lowest BCUT2D eigenvalue weighted by Gasteiger charge is -2.21. The molecule has 2 aromatic heterocycles. The van der Waals surface area contributed by atoms with E-state index < -0.39 is 29.2 Å². The Labute approximate surface area is 247 Å². The van der Waals surface area contributed by atoms with E-state index in [4.69, 9.17) is 4.74 Å². The molecule has 220 valence electrons. The van der Waals surface area contributed by atoms with E-state index in [1.807, 2.05) is 58.2 Å². The summed E-state index contributed by atoms with van der Waals surface area (Å²) in [5, 5.41) is 9.79. The van der Waals surface area contributed by atoms with Gasteiger partial charge in [0.1, 0.15) is 17.0 Å². The van der Waals surface area contributed by atoms with Gasteiger partial charge in [0.15, 0.2) is 11.5 Å². The van der Waals surface area contributed by atoms with Crippen molar-refractivity contribution in [2.75, 3.05) is 0 Å². The molecule has 0 spiro atoms. The molecule has 0 fully saturated rings. The van der Waals surface area contributed by atoms with Gasteiger partial charge in [-0.05, 0) is 80.0 Å². The summed E-state index contributed by atoms with van der Waals surface area (Å²) in [6.07, 6.45) is 4.05. The largest absolute Gasteiger partial charge is 0.456 e. The molecule has 43 heavy (non-hydrogen) atoms.